The van der Waals surface area contributed by atoms with Crippen LogP contribution in [0.5, 0.6) is 0 Å². The van der Waals surface area contributed by atoms with Gasteiger partial charge in [0, 0.05) is 12.6 Å². The van der Waals surface area contributed by atoms with Gasteiger partial charge in [-0.25, -0.2) is 0 Å². The monoisotopic (exact) mass is 243 g/mol. The van der Waals surface area contributed by atoms with Crippen LogP contribution in [0.15, 0.2) is 0 Å². The summed E-state index contributed by atoms with van der Waals surface area (Å²) in [6, 6.07) is 0.662. The molecule has 1 heterocycles. The van der Waals surface area contributed by atoms with E-state index in [1.165, 1.54) is 0 Å². The molecular weight excluding hydrogens is 218 g/mol. The topological polar surface area (TPSA) is 69.8 Å². The van der Waals surface area contributed by atoms with Crippen LogP contribution in [0.2, 0.25) is 0 Å². The first-order chi connectivity index (χ1) is 7.83. The Kier molecular flexibility index (Phi) is 4.91. The number of carbonyl (C=O) groups is 1. The number of nitrogens with two attached hydrogens (primary N) is 1. The van der Waals surface area contributed by atoms with Gasteiger partial charge < -0.3 is 20.6 Å². The average molecular weight is 243 g/mol. The second-order valence-electron chi connectivity index (χ2n) is 5.51. The van der Waals surface area contributed by atoms with Crippen LogP contribution < -0.4 is 5.73 Å². The molecule has 1 aliphatic rings. The molecule has 0 amide bonds. The summed E-state index contributed by atoms with van der Waals surface area (Å²) in [5.74, 6) is -0.916. The highest BCUT2D eigenvalue weighted by atomic mass is 16.4. The Balaban J connectivity index is 2.29. The zero-order valence-corrected chi connectivity index (χ0v) is 11.1. The molecule has 1 rings (SSSR count). The zero-order chi connectivity index (χ0) is 13.1. The van der Waals surface area contributed by atoms with E-state index in [9.17, 15) is 4.79 Å². The molecule has 0 spiro atoms. The fourth-order valence-electron chi connectivity index (χ4n) is 2.16. The van der Waals surface area contributed by atoms with Crippen LogP contribution in [0.3, 0.4) is 0 Å². The number of carboxylic acids is 1. The first-order valence-corrected chi connectivity index (χ1v) is 6.24. The summed E-state index contributed by atoms with van der Waals surface area (Å²) in [6.45, 7) is 4.44. The van der Waals surface area contributed by atoms with Crippen molar-refractivity contribution in [2.45, 2.75) is 37.8 Å². The third-order valence-corrected chi connectivity index (χ3v) is 3.72. The fourth-order valence-corrected chi connectivity index (χ4v) is 2.16. The lowest BCUT2D eigenvalue weighted by Crippen LogP contribution is -2.49. The molecule has 100 valence electrons. The van der Waals surface area contributed by atoms with Crippen molar-refractivity contribution in [1.82, 2.24) is 9.80 Å². The highest BCUT2D eigenvalue weighted by molar-refractivity contribution is 5.77. The summed E-state index contributed by atoms with van der Waals surface area (Å²) in [7, 11) is 4.23. The normalized spacial score (nSPS) is 22.6. The Hall–Kier alpha value is -0.650. The summed E-state index contributed by atoms with van der Waals surface area (Å²) < 4.78 is 0. The number of piperidine rings is 1. The Morgan fingerprint density at radius 2 is 2.00 bits per heavy atom. The Morgan fingerprint density at radius 3 is 2.41 bits per heavy atom. The van der Waals surface area contributed by atoms with Crippen LogP contribution in [0, 0.1) is 0 Å². The van der Waals surface area contributed by atoms with Crippen molar-refractivity contribution in [3.8, 4) is 0 Å². The highest BCUT2D eigenvalue weighted by Gasteiger charge is 2.29. The van der Waals surface area contributed by atoms with E-state index in [0.29, 0.717) is 12.5 Å². The summed E-state index contributed by atoms with van der Waals surface area (Å²) in [5, 5.41) is 8.94. The molecule has 0 aromatic carbocycles. The van der Waals surface area contributed by atoms with Gasteiger partial charge in [0.25, 0.3) is 0 Å². The molecule has 5 nitrogen and oxygen atoms in total. The van der Waals surface area contributed by atoms with Gasteiger partial charge in [0.05, 0.1) is 0 Å². The highest BCUT2D eigenvalue weighted by Crippen LogP contribution is 2.16. The maximum Gasteiger partial charge on any atom is 0.323 e. The number of hydrogen-bond donors (Lipinski definition) is 2. The number of likely N-dealkylation sites (tertiary alicyclic amines) is 1. The fraction of sp³-hybridized carbons (Fsp3) is 0.917. The maximum atomic E-state index is 10.9. The van der Waals surface area contributed by atoms with Crippen molar-refractivity contribution in [2.75, 3.05) is 33.7 Å². The van der Waals surface area contributed by atoms with Gasteiger partial charge in [0.1, 0.15) is 5.54 Å². The van der Waals surface area contributed by atoms with E-state index in [-0.39, 0.29) is 0 Å². The maximum absolute atomic E-state index is 10.9. The summed E-state index contributed by atoms with van der Waals surface area (Å²) >= 11 is 0. The minimum absolute atomic E-state index is 0.509. The molecule has 1 saturated heterocycles. The third-order valence-electron chi connectivity index (χ3n) is 3.72. The van der Waals surface area contributed by atoms with Crippen LogP contribution in [-0.4, -0.2) is 66.2 Å². The average Bonchev–Trinajstić information content (AvgIpc) is 2.27. The molecule has 0 aromatic rings. The molecule has 0 radical (unpaired) electrons. The predicted octanol–water partition coefficient (Wildman–Crippen LogP) is 0.205. The largest absolute Gasteiger partial charge is 0.480 e. The van der Waals surface area contributed by atoms with Crippen molar-refractivity contribution in [2.24, 2.45) is 5.73 Å². The second kappa shape index (κ2) is 5.80. The lowest BCUT2D eigenvalue weighted by atomic mass is 9.98. The quantitative estimate of drug-likeness (QED) is 0.722. The molecule has 1 aliphatic heterocycles. The van der Waals surface area contributed by atoms with Gasteiger partial charge in [-0.05, 0) is 53.4 Å². The predicted molar refractivity (Wildman–Crippen MR) is 68.0 cm³/mol. The number of hydrogen-bond acceptors (Lipinski definition) is 4. The molecule has 1 unspecified atom stereocenters. The molecule has 0 saturated carbocycles. The van der Waals surface area contributed by atoms with E-state index in [4.69, 9.17) is 10.8 Å². The number of carboxylic acid groups (broad SMARTS) is 1. The van der Waals surface area contributed by atoms with Crippen LogP contribution in [0.1, 0.15) is 26.2 Å². The van der Waals surface area contributed by atoms with E-state index in [1.807, 2.05) is 0 Å². The van der Waals surface area contributed by atoms with E-state index >= 15 is 0 Å². The van der Waals surface area contributed by atoms with Gasteiger partial charge in [-0.15, -0.1) is 0 Å². The SMILES string of the molecule is CN(C)C1CCN(CCC(C)(N)C(=O)O)CC1. The lowest BCUT2D eigenvalue weighted by molar-refractivity contribution is -0.143. The minimum atomic E-state index is -1.10. The van der Waals surface area contributed by atoms with Crippen molar-refractivity contribution in [3.63, 3.8) is 0 Å². The molecule has 1 atom stereocenters. The smallest absolute Gasteiger partial charge is 0.323 e. The lowest BCUT2D eigenvalue weighted by Gasteiger charge is -2.36. The Bertz CT molecular complexity index is 258. The number of nitrogens with zero attached hydrogens (tertiary/aromatic N) is 2. The zero-order valence-electron chi connectivity index (χ0n) is 11.1. The second-order valence-corrected chi connectivity index (χ2v) is 5.51. The molecule has 1 fully saturated rings. The van der Waals surface area contributed by atoms with Gasteiger partial charge in [0.2, 0.25) is 0 Å². The van der Waals surface area contributed by atoms with Gasteiger partial charge in [0.15, 0.2) is 0 Å². The van der Waals surface area contributed by atoms with E-state index < -0.39 is 11.5 Å². The molecular formula is C12H25N3O2. The van der Waals surface area contributed by atoms with Gasteiger partial charge >= 0.3 is 5.97 Å². The van der Waals surface area contributed by atoms with Gasteiger partial charge in [-0.1, -0.05) is 0 Å². The Morgan fingerprint density at radius 1 is 1.47 bits per heavy atom. The summed E-state index contributed by atoms with van der Waals surface area (Å²) in [4.78, 5) is 15.5. The van der Waals surface area contributed by atoms with Crippen LogP contribution >= 0.6 is 0 Å². The van der Waals surface area contributed by atoms with Crippen molar-refractivity contribution < 1.29 is 9.90 Å². The van der Waals surface area contributed by atoms with E-state index in [1.54, 1.807) is 6.92 Å². The molecule has 0 aromatic heterocycles. The van der Waals surface area contributed by atoms with Crippen LogP contribution in [-0.2, 0) is 4.79 Å². The molecule has 3 N–H and O–H groups in total. The van der Waals surface area contributed by atoms with Crippen molar-refractivity contribution in [1.29, 1.82) is 0 Å². The van der Waals surface area contributed by atoms with E-state index in [2.05, 4.69) is 23.9 Å². The standard InChI is InChI=1S/C12H25N3O2/c1-12(13,11(16)17)6-9-15-7-4-10(5-8-15)14(2)3/h10H,4-9,13H2,1-3H3,(H,16,17). The van der Waals surface area contributed by atoms with Gasteiger partial charge in [-0.2, -0.15) is 0 Å². The van der Waals surface area contributed by atoms with Crippen LogP contribution in [0.4, 0.5) is 0 Å². The minimum Gasteiger partial charge on any atom is -0.480 e. The first kappa shape index (κ1) is 14.4. The summed E-state index contributed by atoms with van der Waals surface area (Å²) in [6.07, 6.45) is 2.82. The Labute approximate surface area is 104 Å². The molecule has 0 bridgehead atoms. The number of aliphatic carboxylic acids is 1. The summed E-state index contributed by atoms with van der Waals surface area (Å²) in [5.41, 5.74) is 4.62. The third kappa shape index (κ3) is 4.26. The molecule has 17 heavy (non-hydrogen) atoms. The van der Waals surface area contributed by atoms with Crippen LogP contribution in [0.25, 0.3) is 0 Å². The van der Waals surface area contributed by atoms with E-state index in [0.717, 1.165) is 32.5 Å². The first-order valence-electron chi connectivity index (χ1n) is 6.24. The van der Waals surface area contributed by atoms with Crippen molar-refractivity contribution in [3.05, 3.63) is 0 Å². The molecule has 0 aliphatic carbocycles. The number of rotatable bonds is 5. The molecule has 5 heteroatoms. The van der Waals surface area contributed by atoms with Crippen molar-refractivity contribution >= 4 is 5.97 Å². The van der Waals surface area contributed by atoms with Gasteiger partial charge in [-0.3, -0.25) is 4.79 Å².